The summed E-state index contributed by atoms with van der Waals surface area (Å²) in [5.74, 6) is 0. The van der Waals surface area contributed by atoms with Crippen molar-refractivity contribution in [2.75, 3.05) is 11.1 Å². The average Bonchev–Trinajstić information content (AvgIpc) is 2.74. The number of nitrogens with zero attached hydrogens (tertiary/aromatic N) is 1. The van der Waals surface area contributed by atoms with Crippen LogP contribution in [-0.4, -0.2) is 10.2 Å². The molecule has 4 N–H and O–H groups in total. The quantitative estimate of drug-likeness (QED) is 0.758. The first kappa shape index (κ1) is 11.0. The van der Waals surface area contributed by atoms with Gasteiger partial charge in [0, 0.05) is 34.2 Å². The van der Waals surface area contributed by atoms with Crippen LogP contribution in [0.5, 0.6) is 0 Å². The van der Waals surface area contributed by atoms with E-state index in [9.17, 15) is 0 Å². The lowest BCUT2D eigenvalue weighted by molar-refractivity contribution is 1.09. The Labute approximate surface area is 102 Å². The number of nitrogens with one attached hydrogen (secondary N) is 2. The smallest absolute Gasteiger partial charge is 0.0537 e. The Bertz CT molecular complexity index is 479. The van der Waals surface area contributed by atoms with Crippen LogP contribution in [0.25, 0.3) is 0 Å². The topological polar surface area (TPSA) is 66.7 Å². The normalized spacial score (nSPS) is 10.4. The Kier molecular flexibility index (Phi) is 3.14. The lowest BCUT2D eigenvalue weighted by Crippen LogP contribution is -2.00. The standard InChI is InChI=1S/C11H13BrN4/c1-7-2-11(9(12)3-10(7)13)14-4-8-5-15-16-6-8/h2-3,5-6,14H,4,13H2,1H3,(H,15,16). The van der Waals surface area contributed by atoms with Crippen LogP contribution >= 0.6 is 15.9 Å². The summed E-state index contributed by atoms with van der Waals surface area (Å²) in [6.45, 7) is 2.73. The van der Waals surface area contributed by atoms with Crippen LogP contribution in [0.4, 0.5) is 11.4 Å². The predicted octanol–water partition coefficient (Wildman–Crippen LogP) is 2.67. The number of rotatable bonds is 3. The molecule has 1 aromatic carbocycles. The third-order valence-electron chi connectivity index (χ3n) is 2.39. The maximum absolute atomic E-state index is 5.81. The number of nitrogens with two attached hydrogens (primary N) is 1. The number of hydrogen-bond acceptors (Lipinski definition) is 3. The number of hydrogen-bond donors (Lipinski definition) is 3. The second kappa shape index (κ2) is 4.57. The number of anilines is 2. The molecule has 0 aliphatic carbocycles. The minimum atomic E-state index is 0.735. The summed E-state index contributed by atoms with van der Waals surface area (Å²) in [6, 6.07) is 3.94. The molecule has 0 bridgehead atoms. The van der Waals surface area contributed by atoms with E-state index in [1.165, 1.54) is 0 Å². The van der Waals surface area contributed by atoms with Gasteiger partial charge >= 0.3 is 0 Å². The molecule has 2 rings (SSSR count). The summed E-state index contributed by atoms with van der Waals surface area (Å²) in [6.07, 6.45) is 3.66. The third-order valence-corrected chi connectivity index (χ3v) is 3.05. The fourth-order valence-electron chi connectivity index (χ4n) is 1.40. The van der Waals surface area contributed by atoms with Gasteiger partial charge in [0.25, 0.3) is 0 Å². The van der Waals surface area contributed by atoms with Gasteiger partial charge in [0.2, 0.25) is 0 Å². The fourth-order valence-corrected chi connectivity index (χ4v) is 1.91. The van der Waals surface area contributed by atoms with Gasteiger partial charge in [-0.3, -0.25) is 5.10 Å². The molecule has 0 saturated heterocycles. The van der Waals surface area contributed by atoms with Crippen molar-refractivity contribution in [1.82, 2.24) is 10.2 Å². The Morgan fingerprint density at radius 3 is 3.00 bits per heavy atom. The fraction of sp³-hybridized carbons (Fsp3) is 0.182. The largest absolute Gasteiger partial charge is 0.398 e. The maximum Gasteiger partial charge on any atom is 0.0537 e. The monoisotopic (exact) mass is 280 g/mol. The molecule has 0 aliphatic heterocycles. The molecule has 1 aromatic heterocycles. The first-order chi connectivity index (χ1) is 7.66. The van der Waals surface area contributed by atoms with E-state index in [2.05, 4.69) is 31.4 Å². The summed E-state index contributed by atoms with van der Waals surface area (Å²) >= 11 is 3.48. The highest BCUT2D eigenvalue weighted by molar-refractivity contribution is 9.10. The van der Waals surface area contributed by atoms with E-state index in [0.717, 1.165) is 33.5 Å². The Balaban J connectivity index is 2.12. The molecule has 0 amide bonds. The molecule has 4 nitrogen and oxygen atoms in total. The summed E-state index contributed by atoms with van der Waals surface area (Å²) in [7, 11) is 0. The van der Waals surface area contributed by atoms with Crippen LogP contribution in [0.3, 0.4) is 0 Å². The molecule has 0 radical (unpaired) electrons. The maximum atomic E-state index is 5.81. The van der Waals surface area contributed by atoms with Crippen molar-refractivity contribution in [3.8, 4) is 0 Å². The molecule has 0 spiro atoms. The molecule has 1 heterocycles. The first-order valence-corrected chi connectivity index (χ1v) is 5.73. The first-order valence-electron chi connectivity index (χ1n) is 4.94. The summed E-state index contributed by atoms with van der Waals surface area (Å²) in [4.78, 5) is 0. The minimum Gasteiger partial charge on any atom is -0.398 e. The average molecular weight is 281 g/mol. The highest BCUT2D eigenvalue weighted by Crippen LogP contribution is 2.27. The molecule has 0 aliphatic rings. The SMILES string of the molecule is Cc1cc(NCc2cn[nH]c2)c(Br)cc1N. The van der Waals surface area contributed by atoms with Crippen LogP contribution in [0.1, 0.15) is 11.1 Å². The van der Waals surface area contributed by atoms with Crippen LogP contribution in [-0.2, 0) is 6.54 Å². The second-order valence-electron chi connectivity index (χ2n) is 3.65. The van der Waals surface area contributed by atoms with E-state index in [4.69, 9.17) is 5.73 Å². The lowest BCUT2D eigenvalue weighted by Gasteiger charge is -2.10. The minimum absolute atomic E-state index is 0.735. The van der Waals surface area contributed by atoms with Crippen molar-refractivity contribution >= 4 is 27.3 Å². The van der Waals surface area contributed by atoms with Gasteiger partial charge in [-0.25, -0.2) is 0 Å². The molecular formula is C11H13BrN4. The Hall–Kier alpha value is -1.49. The van der Waals surface area contributed by atoms with Crippen LogP contribution < -0.4 is 11.1 Å². The van der Waals surface area contributed by atoms with Crippen LogP contribution in [0, 0.1) is 6.92 Å². The summed E-state index contributed by atoms with van der Waals surface area (Å²) in [5, 5.41) is 9.99. The Morgan fingerprint density at radius 1 is 1.50 bits per heavy atom. The molecule has 5 heteroatoms. The van der Waals surface area contributed by atoms with Gasteiger partial charge in [0.15, 0.2) is 0 Å². The number of aromatic nitrogens is 2. The second-order valence-corrected chi connectivity index (χ2v) is 4.50. The molecule has 0 saturated carbocycles. The molecular weight excluding hydrogens is 268 g/mol. The highest BCUT2D eigenvalue weighted by Gasteiger charge is 2.03. The van der Waals surface area contributed by atoms with E-state index in [-0.39, 0.29) is 0 Å². The van der Waals surface area contributed by atoms with Gasteiger partial charge in [0.05, 0.1) is 6.20 Å². The molecule has 0 fully saturated rings. The highest BCUT2D eigenvalue weighted by atomic mass is 79.9. The van der Waals surface area contributed by atoms with Gasteiger partial charge < -0.3 is 11.1 Å². The van der Waals surface area contributed by atoms with Crippen molar-refractivity contribution in [3.63, 3.8) is 0 Å². The molecule has 0 unspecified atom stereocenters. The van der Waals surface area contributed by atoms with E-state index < -0.39 is 0 Å². The number of aromatic amines is 1. The third kappa shape index (κ3) is 2.36. The summed E-state index contributed by atoms with van der Waals surface area (Å²) < 4.78 is 0.971. The molecule has 2 aromatic rings. The van der Waals surface area contributed by atoms with Gasteiger partial charge in [-0.2, -0.15) is 5.10 Å². The van der Waals surface area contributed by atoms with Crippen molar-refractivity contribution < 1.29 is 0 Å². The lowest BCUT2D eigenvalue weighted by atomic mass is 10.2. The summed E-state index contributed by atoms with van der Waals surface area (Å²) in [5.41, 5.74) is 9.81. The van der Waals surface area contributed by atoms with Gasteiger partial charge in [0.1, 0.15) is 0 Å². The number of halogens is 1. The van der Waals surface area contributed by atoms with E-state index >= 15 is 0 Å². The van der Waals surface area contributed by atoms with Crippen molar-refractivity contribution in [2.24, 2.45) is 0 Å². The van der Waals surface area contributed by atoms with E-state index in [1.807, 2.05) is 25.3 Å². The number of H-pyrrole nitrogens is 1. The van der Waals surface area contributed by atoms with Gasteiger partial charge in [-0.1, -0.05) is 0 Å². The molecule has 84 valence electrons. The van der Waals surface area contributed by atoms with Crippen molar-refractivity contribution in [2.45, 2.75) is 13.5 Å². The van der Waals surface area contributed by atoms with Crippen LogP contribution in [0.15, 0.2) is 29.0 Å². The van der Waals surface area contributed by atoms with E-state index in [0.29, 0.717) is 0 Å². The van der Waals surface area contributed by atoms with E-state index in [1.54, 1.807) is 6.20 Å². The number of aryl methyl sites for hydroxylation is 1. The zero-order chi connectivity index (χ0) is 11.5. The van der Waals surface area contributed by atoms with Gasteiger partial charge in [-0.05, 0) is 40.5 Å². The molecule has 0 atom stereocenters. The van der Waals surface area contributed by atoms with Crippen molar-refractivity contribution in [3.05, 3.63) is 40.1 Å². The van der Waals surface area contributed by atoms with Crippen LogP contribution in [0.2, 0.25) is 0 Å². The predicted molar refractivity (Wildman–Crippen MR) is 69.2 cm³/mol. The number of nitrogen functional groups attached to an aromatic ring is 1. The number of benzene rings is 1. The zero-order valence-electron chi connectivity index (χ0n) is 8.92. The van der Waals surface area contributed by atoms with Gasteiger partial charge in [-0.15, -0.1) is 0 Å². The van der Waals surface area contributed by atoms with Crippen molar-refractivity contribution in [1.29, 1.82) is 0 Å². The zero-order valence-corrected chi connectivity index (χ0v) is 10.5. The molecule has 16 heavy (non-hydrogen) atoms. The Morgan fingerprint density at radius 2 is 2.31 bits per heavy atom.